The first-order chi connectivity index (χ1) is 8.24. The van der Waals surface area contributed by atoms with Gasteiger partial charge in [-0.3, -0.25) is 0 Å². The van der Waals surface area contributed by atoms with Crippen LogP contribution < -0.4 is 4.74 Å². The maximum absolute atomic E-state index is 11.3. The molecule has 0 spiro atoms. The molecule has 1 aromatic carbocycles. The van der Waals surface area contributed by atoms with Crippen LogP contribution in [-0.2, 0) is 4.79 Å². The minimum absolute atomic E-state index is 0.00458. The van der Waals surface area contributed by atoms with E-state index in [1.807, 2.05) is 24.3 Å². The Balaban J connectivity index is 2.19. The number of carbonyl (C=O) groups excluding carboxylic acids is 1. The summed E-state index contributed by atoms with van der Waals surface area (Å²) in [4.78, 5) is 13.6. The van der Waals surface area contributed by atoms with E-state index < -0.39 is 0 Å². The lowest BCUT2D eigenvalue weighted by molar-refractivity contribution is -0.110. The second-order valence-corrected chi connectivity index (χ2v) is 4.75. The predicted molar refractivity (Wildman–Crippen MR) is 67.4 cm³/mol. The van der Waals surface area contributed by atoms with E-state index in [4.69, 9.17) is 4.74 Å². The molecule has 2 atom stereocenters. The molecule has 1 heterocycles. The van der Waals surface area contributed by atoms with Gasteiger partial charge in [0.2, 0.25) is 0 Å². The van der Waals surface area contributed by atoms with Crippen molar-refractivity contribution in [1.82, 2.24) is 4.90 Å². The molecule has 0 aliphatic carbocycles. The number of hydrogen-bond acceptors (Lipinski definition) is 3. The SMILES string of the molecule is COc1cccc(C(C=O)C2CCN(C)C2)c1. The Hall–Kier alpha value is -1.35. The lowest BCUT2D eigenvalue weighted by atomic mass is 9.86. The van der Waals surface area contributed by atoms with Gasteiger partial charge in [0.25, 0.3) is 0 Å². The molecule has 1 fully saturated rings. The average Bonchev–Trinajstić information content (AvgIpc) is 2.77. The summed E-state index contributed by atoms with van der Waals surface area (Å²) >= 11 is 0. The fraction of sp³-hybridized carbons (Fsp3) is 0.500. The smallest absolute Gasteiger partial charge is 0.127 e. The minimum Gasteiger partial charge on any atom is -0.497 e. The molecule has 3 heteroatoms. The number of benzene rings is 1. The van der Waals surface area contributed by atoms with E-state index in [1.54, 1.807) is 7.11 Å². The fourth-order valence-electron chi connectivity index (χ4n) is 2.57. The quantitative estimate of drug-likeness (QED) is 0.744. The van der Waals surface area contributed by atoms with Gasteiger partial charge in [0.1, 0.15) is 12.0 Å². The van der Waals surface area contributed by atoms with Crippen LogP contribution in [0.5, 0.6) is 5.75 Å². The van der Waals surface area contributed by atoms with Gasteiger partial charge in [-0.2, -0.15) is 0 Å². The summed E-state index contributed by atoms with van der Waals surface area (Å²) in [6, 6.07) is 7.84. The van der Waals surface area contributed by atoms with E-state index in [1.165, 1.54) is 0 Å². The first-order valence-corrected chi connectivity index (χ1v) is 6.02. The molecule has 92 valence electrons. The number of nitrogens with zero attached hydrogens (tertiary/aromatic N) is 1. The number of carbonyl (C=O) groups is 1. The van der Waals surface area contributed by atoms with Gasteiger partial charge >= 0.3 is 0 Å². The number of likely N-dealkylation sites (tertiary alicyclic amines) is 1. The van der Waals surface area contributed by atoms with Gasteiger partial charge in [-0.1, -0.05) is 12.1 Å². The molecule has 1 aromatic rings. The van der Waals surface area contributed by atoms with Crippen LogP contribution in [0.1, 0.15) is 17.9 Å². The van der Waals surface area contributed by atoms with Crippen LogP contribution in [-0.4, -0.2) is 38.4 Å². The number of methoxy groups -OCH3 is 1. The third-order valence-corrected chi connectivity index (χ3v) is 3.56. The topological polar surface area (TPSA) is 29.5 Å². The highest BCUT2D eigenvalue weighted by Gasteiger charge is 2.28. The monoisotopic (exact) mass is 233 g/mol. The van der Waals surface area contributed by atoms with Crippen molar-refractivity contribution in [2.75, 3.05) is 27.2 Å². The standard InChI is InChI=1S/C14H19NO2/c1-15-7-6-12(9-15)14(10-16)11-4-3-5-13(8-11)17-2/h3-5,8,10,12,14H,6-7,9H2,1-2H3. The summed E-state index contributed by atoms with van der Waals surface area (Å²) in [6.45, 7) is 2.08. The highest BCUT2D eigenvalue weighted by molar-refractivity contribution is 5.63. The van der Waals surface area contributed by atoms with E-state index in [-0.39, 0.29) is 5.92 Å². The summed E-state index contributed by atoms with van der Waals surface area (Å²) in [7, 11) is 3.76. The van der Waals surface area contributed by atoms with Gasteiger partial charge in [-0.05, 0) is 43.6 Å². The zero-order valence-corrected chi connectivity index (χ0v) is 10.4. The van der Waals surface area contributed by atoms with Gasteiger partial charge < -0.3 is 14.4 Å². The molecule has 2 unspecified atom stereocenters. The van der Waals surface area contributed by atoms with Crippen LogP contribution in [0.15, 0.2) is 24.3 Å². The van der Waals surface area contributed by atoms with Gasteiger partial charge in [-0.15, -0.1) is 0 Å². The maximum atomic E-state index is 11.3. The van der Waals surface area contributed by atoms with Crippen molar-refractivity contribution in [3.05, 3.63) is 29.8 Å². The third-order valence-electron chi connectivity index (χ3n) is 3.56. The second kappa shape index (κ2) is 5.32. The highest BCUT2D eigenvalue weighted by atomic mass is 16.5. The Morgan fingerprint density at radius 1 is 1.53 bits per heavy atom. The van der Waals surface area contributed by atoms with Crippen molar-refractivity contribution in [2.24, 2.45) is 5.92 Å². The Labute approximate surface area is 102 Å². The van der Waals surface area contributed by atoms with Crippen molar-refractivity contribution >= 4 is 6.29 Å². The van der Waals surface area contributed by atoms with Crippen molar-refractivity contribution in [3.63, 3.8) is 0 Å². The molecule has 0 saturated carbocycles. The average molecular weight is 233 g/mol. The van der Waals surface area contributed by atoms with Crippen LogP contribution in [0.2, 0.25) is 0 Å². The Morgan fingerprint density at radius 2 is 2.35 bits per heavy atom. The van der Waals surface area contributed by atoms with Crippen molar-refractivity contribution in [1.29, 1.82) is 0 Å². The number of rotatable bonds is 4. The summed E-state index contributed by atoms with van der Waals surface area (Å²) in [5.41, 5.74) is 1.07. The van der Waals surface area contributed by atoms with E-state index in [0.29, 0.717) is 5.92 Å². The van der Waals surface area contributed by atoms with Crippen LogP contribution in [0.4, 0.5) is 0 Å². The first kappa shape index (κ1) is 12.1. The molecule has 0 N–H and O–H groups in total. The Bertz CT molecular complexity index is 392. The normalized spacial score (nSPS) is 22.4. The second-order valence-electron chi connectivity index (χ2n) is 4.75. The molecule has 0 aromatic heterocycles. The lowest BCUT2D eigenvalue weighted by Gasteiger charge is -2.18. The van der Waals surface area contributed by atoms with Gasteiger partial charge in [-0.25, -0.2) is 0 Å². The molecule has 2 rings (SSSR count). The molecule has 0 bridgehead atoms. The number of hydrogen-bond donors (Lipinski definition) is 0. The Morgan fingerprint density at radius 3 is 2.94 bits per heavy atom. The largest absolute Gasteiger partial charge is 0.497 e. The molecule has 1 saturated heterocycles. The van der Waals surface area contributed by atoms with Crippen LogP contribution in [0, 0.1) is 5.92 Å². The molecule has 17 heavy (non-hydrogen) atoms. The maximum Gasteiger partial charge on any atom is 0.127 e. The predicted octanol–water partition coefficient (Wildman–Crippen LogP) is 1.93. The molecule has 1 aliphatic rings. The van der Waals surface area contributed by atoms with Crippen molar-refractivity contribution in [2.45, 2.75) is 12.3 Å². The Kier molecular flexibility index (Phi) is 3.79. The molecule has 0 radical (unpaired) electrons. The summed E-state index contributed by atoms with van der Waals surface area (Å²) < 4.78 is 5.21. The van der Waals surface area contributed by atoms with Gasteiger partial charge in [0, 0.05) is 12.5 Å². The van der Waals surface area contributed by atoms with Crippen LogP contribution >= 0.6 is 0 Å². The van der Waals surface area contributed by atoms with E-state index in [2.05, 4.69) is 11.9 Å². The summed E-state index contributed by atoms with van der Waals surface area (Å²) in [6.07, 6.45) is 2.18. The lowest BCUT2D eigenvalue weighted by Crippen LogP contribution is -2.19. The minimum atomic E-state index is -0.00458. The van der Waals surface area contributed by atoms with E-state index in [0.717, 1.165) is 37.1 Å². The molecule has 0 amide bonds. The fourth-order valence-corrected chi connectivity index (χ4v) is 2.57. The summed E-state index contributed by atoms with van der Waals surface area (Å²) in [5, 5.41) is 0. The third kappa shape index (κ3) is 2.67. The molecular weight excluding hydrogens is 214 g/mol. The van der Waals surface area contributed by atoms with E-state index >= 15 is 0 Å². The molecule has 3 nitrogen and oxygen atoms in total. The van der Waals surface area contributed by atoms with Crippen molar-refractivity contribution < 1.29 is 9.53 Å². The molecule has 1 aliphatic heterocycles. The zero-order valence-electron chi connectivity index (χ0n) is 10.4. The number of aldehydes is 1. The highest BCUT2D eigenvalue weighted by Crippen LogP contribution is 2.31. The number of ether oxygens (including phenoxy) is 1. The van der Waals surface area contributed by atoms with E-state index in [9.17, 15) is 4.79 Å². The van der Waals surface area contributed by atoms with Gasteiger partial charge in [0.05, 0.1) is 7.11 Å². The summed E-state index contributed by atoms with van der Waals surface area (Å²) in [5.74, 6) is 1.25. The molecular formula is C14H19NO2. The van der Waals surface area contributed by atoms with Crippen LogP contribution in [0.25, 0.3) is 0 Å². The zero-order chi connectivity index (χ0) is 12.3. The van der Waals surface area contributed by atoms with Crippen molar-refractivity contribution in [3.8, 4) is 5.75 Å². The van der Waals surface area contributed by atoms with Gasteiger partial charge in [0.15, 0.2) is 0 Å². The van der Waals surface area contributed by atoms with Crippen LogP contribution in [0.3, 0.4) is 0 Å². The first-order valence-electron chi connectivity index (χ1n) is 6.02.